The topological polar surface area (TPSA) is 122 Å². The van der Waals surface area contributed by atoms with Gasteiger partial charge in [0.05, 0.1) is 35.7 Å². The van der Waals surface area contributed by atoms with Gasteiger partial charge in [0.15, 0.2) is 0 Å². The first-order chi connectivity index (χ1) is 16.8. The number of rotatable bonds is 9. The summed E-state index contributed by atoms with van der Waals surface area (Å²) in [5.41, 5.74) is 0.560. The number of carbonyl (C=O) groups excluding carboxylic acids is 1. The molecule has 1 amide bonds. The number of nitrogens with zero attached hydrogens (tertiary/aromatic N) is 2. The molecule has 190 valence electrons. The summed E-state index contributed by atoms with van der Waals surface area (Å²) in [6.07, 6.45) is 1.21. The van der Waals surface area contributed by atoms with Gasteiger partial charge in [0, 0.05) is 31.9 Å². The molecular weight excluding hydrogens is 494 g/mol. The van der Waals surface area contributed by atoms with Crippen LogP contribution < -0.4 is 5.32 Å². The molecule has 0 aromatic heterocycles. The lowest BCUT2D eigenvalue weighted by Gasteiger charge is -2.26. The fraction of sp³-hybridized carbons (Fsp3) is 0.435. The molecule has 10 nitrogen and oxygen atoms in total. The van der Waals surface area contributed by atoms with Gasteiger partial charge in [0.1, 0.15) is 0 Å². The number of carbonyl (C=O) groups is 1. The fourth-order valence-electron chi connectivity index (χ4n) is 4.01. The molecule has 0 bridgehead atoms. The maximum absolute atomic E-state index is 13.5. The van der Waals surface area contributed by atoms with Crippen LogP contribution in [0.1, 0.15) is 12.8 Å². The number of amides is 1. The summed E-state index contributed by atoms with van der Waals surface area (Å²) in [4.78, 5) is 12.6. The molecule has 0 spiro atoms. The quantitative estimate of drug-likeness (QED) is 0.529. The van der Waals surface area contributed by atoms with E-state index in [0.29, 0.717) is 31.9 Å². The molecule has 0 aliphatic carbocycles. The van der Waals surface area contributed by atoms with Gasteiger partial charge in [-0.2, -0.15) is 8.61 Å². The van der Waals surface area contributed by atoms with Crippen molar-refractivity contribution in [1.29, 1.82) is 0 Å². The summed E-state index contributed by atoms with van der Waals surface area (Å²) in [5, 5.41) is 2.71. The molecule has 1 unspecified atom stereocenters. The van der Waals surface area contributed by atoms with Crippen LogP contribution in [-0.4, -0.2) is 83.5 Å². The first-order valence-electron chi connectivity index (χ1n) is 11.4. The average Bonchev–Trinajstić information content (AvgIpc) is 3.38. The van der Waals surface area contributed by atoms with Gasteiger partial charge >= 0.3 is 0 Å². The van der Waals surface area contributed by atoms with Gasteiger partial charge in [-0.25, -0.2) is 16.8 Å². The van der Waals surface area contributed by atoms with E-state index in [-0.39, 0.29) is 35.5 Å². The summed E-state index contributed by atoms with van der Waals surface area (Å²) in [6.45, 7) is 1.29. The molecule has 2 aliphatic heterocycles. The number of para-hydroxylation sites is 1. The number of morpholine rings is 1. The molecule has 1 atom stereocenters. The van der Waals surface area contributed by atoms with Crippen LogP contribution in [0.5, 0.6) is 0 Å². The molecule has 35 heavy (non-hydrogen) atoms. The fourth-order valence-corrected chi connectivity index (χ4v) is 6.85. The zero-order valence-electron chi connectivity index (χ0n) is 19.2. The zero-order chi connectivity index (χ0) is 24.9. The number of anilines is 1. The summed E-state index contributed by atoms with van der Waals surface area (Å²) < 4.78 is 65.9. The van der Waals surface area contributed by atoms with Crippen LogP contribution >= 0.6 is 0 Å². The minimum atomic E-state index is -4.10. The van der Waals surface area contributed by atoms with E-state index in [1.807, 2.05) is 6.07 Å². The summed E-state index contributed by atoms with van der Waals surface area (Å²) in [5.74, 6) is -0.482. The van der Waals surface area contributed by atoms with E-state index in [1.165, 1.54) is 28.6 Å². The van der Waals surface area contributed by atoms with E-state index in [2.05, 4.69) is 5.32 Å². The van der Waals surface area contributed by atoms with E-state index < -0.39 is 32.5 Å². The summed E-state index contributed by atoms with van der Waals surface area (Å²) in [6, 6.07) is 13.9. The molecule has 12 heteroatoms. The monoisotopic (exact) mass is 523 g/mol. The van der Waals surface area contributed by atoms with Crippen LogP contribution in [-0.2, 0) is 34.3 Å². The lowest BCUT2D eigenvalue weighted by Crippen LogP contribution is -2.42. The number of hydrogen-bond acceptors (Lipinski definition) is 7. The molecule has 2 heterocycles. The third kappa shape index (κ3) is 6.26. The molecular formula is C23H29N3O7S2. The van der Waals surface area contributed by atoms with Gasteiger partial charge in [-0.15, -0.1) is 0 Å². The highest BCUT2D eigenvalue weighted by Crippen LogP contribution is 2.23. The first-order valence-corrected chi connectivity index (χ1v) is 14.3. The molecule has 2 saturated heterocycles. The van der Waals surface area contributed by atoms with Crippen molar-refractivity contribution in [1.82, 2.24) is 8.61 Å². The largest absolute Gasteiger partial charge is 0.379 e. The molecule has 2 aliphatic rings. The van der Waals surface area contributed by atoms with E-state index in [4.69, 9.17) is 9.47 Å². The minimum Gasteiger partial charge on any atom is -0.379 e. The van der Waals surface area contributed by atoms with Crippen molar-refractivity contribution in [2.45, 2.75) is 28.7 Å². The Morgan fingerprint density at radius 3 is 2.23 bits per heavy atom. The van der Waals surface area contributed by atoms with Crippen molar-refractivity contribution >= 4 is 31.6 Å². The van der Waals surface area contributed by atoms with Crippen molar-refractivity contribution in [3.05, 3.63) is 54.6 Å². The second-order valence-corrected chi connectivity index (χ2v) is 12.2. The Balaban J connectivity index is 1.54. The number of ether oxygens (including phenoxy) is 2. The number of sulfonamides is 2. The second kappa shape index (κ2) is 11.1. The van der Waals surface area contributed by atoms with Gasteiger partial charge in [0.25, 0.3) is 0 Å². The zero-order valence-corrected chi connectivity index (χ0v) is 20.8. The van der Waals surface area contributed by atoms with Crippen molar-refractivity contribution < 1.29 is 31.1 Å². The van der Waals surface area contributed by atoms with Gasteiger partial charge in [0.2, 0.25) is 26.0 Å². The lowest BCUT2D eigenvalue weighted by molar-refractivity contribution is -0.116. The minimum absolute atomic E-state index is 0.00541. The van der Waals surface area contributed by atoms with Crippen LogP contribution in [0.25, 0.3) is 0 Å². The van der Waals surface area contributed by atoms with Gasteiger partial charge in [-0.3, -0.25) is 4.79 Å². The highest BCUT2D eigenvalue weighted by Gasteiger charge is 2.32. The number of nitrogens with one attached hydrogen (secondary N) is 1. The van der Waals surface area contributed by atoms with E-state index in [1.54, 1.807) is 24.3 Å². The van der Waals surface area contributed by atoms with Crippen molar-refractivity contribution in [3.63, 3.8) is 0 Å². The third-order valence-electron chi connectivity index (χ3n) is 5.88. The Bertz CT molecular complexity index is 1210. The third-order valence-corrected chi connectivity index (χ3v) is 9.62. The Labute approximate surface area is 205 Å². The van der Waals surface area contributed by atoms with Crippen molar-refractivity contribution in [2.24, 2.45) is 0 Å². The predicted octanol–water partition coefficient (Wildman–Crippen LogP) is 1.52. The Kier molecular flexibility index (Phi) is 8.19. The molecule has 2 aromatic carbocycles. The van der Waals surface area contributed by atoms with E-state index in [0.717, 1.165) is 10.7 Å². The van der Waals surface area contributed by atoms with Crippen molar-refractivity contribution in [3.8, 4) is 0 Å². The molecule has 1 N–H and O–H groups in total. The predicted molar refractivity (Wildman–Crippen MR) is 129 cm³/mol. The molecule has 0 radical (unpaired) electrons. The molecule has 2 aromatic rings. The van der Waals surface area contributed by atoms with Gasteiger partial charge < -0.3 is 14.8 Å². The van der Waals surface area contributed by atoms with Crippen LogP contribution in [0.4, 0.5) is 5.69 Å². The lowest BCUT2D eigenvalue weighted by atomic mass is 10.2. The maximum atomic E-state index is 13.5. The van der Waals surface area contributed by atoms with Crippen LogP contribution in [0.3, 0.4) is 0 Å². The maximum Gasteiger partial charge on any atom is 0.243 e. The van der Waals surface area contributed by atoms with Crippen molar-refractivity contribution in [2.75, 3.05) is 51.3 Å². The smallest absolute Gasteiger partial charge is 0.243 e. The average molecular weight is 524 g/mol. The highest BCUT2D eigenvalue weighted by molar-refractivity contribution is 7.89. The van der Waals surface area contributed by atoms with Gasteiger partial charge in [-0.1, -0.05) is 18.2 Å². The van der Waals surface area contributed by atoms with E-state index >= 15 is 0 Å². The van der Waals surface area contributed by atoms with Gasteiger partial charge in [-0.05, 0) is 49.2 Å². The second-order valence-electron chi connectivity index (χ2n) is 8.33. The Morgan fingerprint density at radius 2 is 1.60 bits per heavy atom. The Morgan fingerprint density at radius 1 is 0.943 bits per heavy atom. The molecule has 4 rings (SSSR count). The summed E-state index contributed by atoms with van der Waals surface area (Å²) in [7, 11) is -7.85. The highest BCUT2D eigenvalue weighted by atomic mass is 32.2. The van der Waals surface area contributed by atoms with Crippen LogP contribution in [0.15, 0.2) is 64.4 Å². The number of hydrogen-bond donors (Lipinski definition) is 1. The normalized spacial score (nSPS) is 19.6. The van der Waals surface area contributed by atoms with Crippen LogP contribution in [0.2, 0.25) is 0 Å². The first kappa shape index (κ1) is 25.7. The van der Waals surface area contributed by atoms with Crippen LogP contribution in [0, 0.1) is 0 Å². The summed E-state index contributed by atoms with van der Waals surface area (Å²) >= 11 is 0. The molecule has 2 fully saturated rings. The molecule has 0 saturated carbocycles. The van der Waals surface area contributed by atoms with E-state index in [9.17, 15) is 21.6 Å². The Hall–Kier alpha value is -2.35. The SMILES string of the molecule is O=C(CN(CC1CCCO1)S(=O)(=O)c1ccc(S(=O)(=O)N2CCOCC2)cc1)Nc1ccccc1. The standard InChI is InChI=1S/C23H29N3O7S2/c27-23(24-19-5-2-1-3-6-19)18-26(17-20-7-4-14-33-20)35(30,31)22-10-8-21(9-11-22)34(28,29)25-12-15-32-16-13-25/h1-3,5-6,8-11,20H,4,7,12-18H2,(H,24,27). The number of benzene rings is 2.